The molecule has 1 aromatic heterocycles. The van der Waals surface area contributed by atoms with E-state index >= 15 is 0 Å². The first-order valence-electron chi connectivity index (χ1n) is 5.16. The molecule has 20 heavy (non-hydrogen) atoms. The van der Waals surface area contributed by atoms with Gasteiger partial charge < -0.3 is 0 Å². The number of thiophene rings is 1. The second-order valence-corrected chi connectivity index (χ2v) is 8.01. The number of hydrogen-bond acceptors (Lipinski definition) is 1. The van der Waals surface area contributed by atoms with Crippen LogP contribution in [0.4, 0.5) is 17.6 Å². The highest BCUT2D eigenvalue weighted by atomic mass is 79.9. The topological polar surface area (TPSA) is 0 Å². The van der Waals surface area contributed by atoms with Gasteiger partial charge in [0.25, 0.3) is 0 Å². The summed E-state index contributed by atoms with van der Waals surface area (Å²) < 4.78 is 53.7. The van der Waals surface area contributed by atoms with Crippen LogP contribution < -0.4 is 0 Å². The molecule has 2 aromatic rings. The Bertz CT molecular complexity index is 617. The van der Waals surface area contributed by atoms with Gasteiger partial charge in [0.15, 0.2) is 0 Å². The Balaban J connectivity index is 2.48. The monoisotopic (exact) mass is 494 g/mol. The van der Waals surface area contributed by atoms with E-state index in [9.17, 15) is 17.6 Å². The first-order chi connectivity index (χ1) is 9.21. The van der Waals surface area contributed by atoms with Gasteiger partial charge in [-0.3, -0.25) is 0 Å². The van der Waals surface area contributed by atoms with E-state index in [0.717, 1.165) is 14.3 Å². The summed E-state index contributed by atoms with van der Waals surface area (Å²) in [6.07, 6.45) is -4.70. The van der Waals surface area contributed by atoms with Gasteiger partial charge in [0, 0.05) is 14.9 Å². The fourth-order valence-corrected chi connectivity index (χ4v) is 4.46. The zero-order valence-corrected chi connectivity index (χ0v) is 15.0. The summed E-state index contributed by atoms with van der Waals surface area (Å²) in [5.41, 5.74) is -1.30. The van der Waals surface area contributed by atoms with Crippen LogP contribution in [0.2, 0.25) is 0 Å². The van der Waals surface area contributed by atoms with E-state index in [1.807, 2.05) is 0 Å². The average Bonchev–Trinajstić information content (AvgIpc) is 2.67. The van der Waals surface area contributed by atoms with E-state index in [4.69, 9.17) is 0 Å². The lowest BCUT2D eigenvalue weighted by Gasteiger charge is -2.14. The minimum absolute atomic E-state index is 0.0407. The molecule has 1 atom stereocenters. The Morgan fingerprint density at radius 3 is 2.30 bits per heavy atom. The number of rotatable bonds is 2. The third-order valence-electron chi connectivity index (χ3n) is 2.52. The summed E-state index contributed by atoms with van der Waals surface area (Å²) >= 11 is 11.2. The van der Waals surface area contributed by atoms with Gasteiger partial charge in [-0.1, -0.05) is 28.1 Å². The molecule has 0 saturated heterocycles. The summed E-state index contributed by atoms with van der Waals surface area (Å²) in [6, 6.07) is 5.01. The van der Waals surface area contributed by atoms with Crippen molar-refractivity contribution in [1.82, 2.24) is 0 Å². The van der Waals surface area contributed by atoms with Crippen LogP contribution in [0.1, 0.15) is 20.8 Å². The van der Waals surface area contributed by atoms with E-state index in [0.29, 0.717) is 4.88 Å². The number of hydrogen-bond donors (Lipinski definition) is 0. The standard InChI is InChI=1S/C12H5Br3F4S/c13-7-4-8(20-11(7)15)9(14)5-2-1-3-6(10(5)16)12(17,18)19/h1-4,9H. The zero-order valence-electron chi connectivity index (χ0n) is 9.44. The molecule has 0 saturated carbocycles. The highest BCUT2D eigenvalue weighted by Crippen LogP contribution is 2.43. The predicted molar refractivity (Wildman–Crippen MR) is 81.9 cm³/mol. The Kier molecular flexibility index (Phi) is 4.98. The fraction of sp³-hybridized carbons (Fsp3) is 0.167. The molecule has 0 aliphatic rings. The van der Waals surface area contributed by atoms with Gasteiger partial charge in [0.05, 0.1) is 14.2 Å². The highest BCUT2D eigenvalue weighted by molar-refractivity contribution is 9.13. The quantitative estimate of drug-likeness (QED) is 0.313. The summed E-state index contributed by atoms with van der Waals surface area (Å²) in [5, 5.41) is 0. The van der Waals surface area contributed by atoms with Crippen LogP contribution in [-0.2, 0) is 6.18 Å². The molecule has 0 amide bonds. The van der Waals surface area contributed by atoms with Crippen molar-refractivity contribution in [2.45, 2.75) is 11.0 Å². The normalized spacial score (nSPS) is 13.6. The maximum Gasteiger partial charge on any atom is 0.419 e. The van der Waals surface area contributed by atoms with Crippen molar-refractivity contribution in [3.63, 3.8) is 0 Å². The van der Waals surface area contributed by atoms with Crippen molar-refractivity contribution in [3.05, 3.63) is 54.3 Å². The second kappa shape index (κ2) is 6.06. The SMILES string of the molecule is Fc1c(C(Br)c2cc(Br)c(Br)s2)cccc1C(F)(F)F. The first kappa shape index (κ1) is 16.5. The molecule has 0 bridgehead atoms. The van der Waals surface area contributed by atoms with Crippen LogP contribution in [0.5, 0.6) is 0 Å². The first-order valence-corrected chi connectivity index (χ1v) is 8.48. The van der Waals surface area contributed by atoms with E-state index in [-0.39, 0.29) is 5.56 Å². The van der Waals surface area contributed by atoms with Crippen molar-refractivity contribution in [1.29, 1.82) is 0 Å². The molecule has 0 radical (unpaired) electrons. The molecular weight excluding hydrogens is 492 g/mol. The van der Waals surface area contributed by atoms with E-state index < -0.39 is 22.4 Å². The molecule has 2 rings (SSSR count). The van der Waals surface area contributed by atoms with Crippen LogP contribution in [0.15, 0.2) is 32.5 Å². The van der Waals surface area contributed by atoms with Crippen molar-refractivity contribution in [2.75, 3.05) is 0 Å². The molecule has 1 heterocycles. The lowest BCUT2D eigenvalue weighted by atomic mass is 10.1. The average molecular weight is 497 g/mol. The van der Waals surface area contributed by atoms with Gasteiger partial charge in [-0.05, 0) is 44.0 Å². The molecule has 0 N–H and O–H groups in total. The van der Waals surface area contributed by atoms with Crippen molar-refractivity contribution >= 4 is 59.1 Å². The maximum atomic E-state index is 14.0. The molecule has 0 fully saturated rings. The van der Waals surface area contributed by atoms with Crippen molar-refractivity contribution in [3.8, 4) is 0 Å². The molecule has 8 heteroatoms. The summed E-state index contributed by atoms with van der Waals surface area (Å²) in [4.78, 5) is 0.0550. The Labute approximate surface area is 141 Å². The smallest absolute Gasteiger partial charge is 0.206 e. The zero-order chi connectivity index (χ0) is 15.1. The molecule has 108 valence electrons. The molecular formula is C12H5Br3F4S. The summed E-state index contributed by atoms with van der Waals surface area (Å²) in [6.45, 7) is 0. The van der Waals surface area contributed by atoms with Gasteiger partial charge in [-0.15, -0.1) is 11.3 Å². The third kappa shape index (κ3) is 3.28. The van der Waals surface area contributed by atoms with Crippen LogP contribution in [0.25, 0.3) is 0 Å². The van der Waals surface area contributed by atoms with Crippen LogP contribution in [0, 0.1) is 5.82 Å². The van der Waals surface area contributed by atoms with Gasteiger partial charge in [0.1, 0.15) is 5.82 Å². The minimum Gasteiger partial charge on any atom is -0.206 e. The van der Waals surface area contributed by atoms with E-state index in [1.165, 1.54) is 23.5 Å². The van der Waals surface area contributed by atoms with Crippen molar-refractivity contribution in [2.24, 2.45) is 0 Å². The molecule has 0 aliphatic carbocycles. The van der Waals surface area contributed by atoms with Gasteiger partial charge >= 0.3 is 6.18 Å². The lowest BCUT2D eigenvalue weighted by Crippen LogP contribution is -2.10. The summed E-state index contributed by atoms with van der Waals surface area (Å²) in [7, 11) is 0. The molecule has 0 aliphatic heterocycles. The summed E-state index contributed by atoms with van der Waals surface area (Å²) in [5.74, 6) is -1.25. The van der Waals surface area contributed by atoms with Crippen LogP contribution in [-0.4, -0.2) is 0 Å². The number of alkyl halides is 4. The Hall–Kier alpha value is 0.0800. The third-order valence-corrected chi connectivity index (χ3v) is 7.13. The van der Waals surface area contributed by atoms with Gasteiger partial charge in [-0.2, -0.15) is 13.2 Å². The Morgan fingerprint density at radius 1 is 1.15 bits per heavy atom. The van der Waals surface area contributed by atoms with Gasteiger partial charge in [-0.25, -0.2) is 4.39 Å². The van der Waals surface area contributed by atoms with Crippen LogP contribution >= 0.6 is 59.1 Å². The second-order valence-electron chi connectivity index (χ2n) is 3.84. The molecule has 0 spiro atoms. The van der Waals surface area contributed by atoms with Crippen molar-refractivity contribution < 1.29 is 17.6 Å². The number of benzene rings is 1. The van der Waals surface area contributed by atoms with E-state index in [1.54, 1.807) is 6.07 Å². The lowest BCUT2D eigenvalue weighted by molar-refractivity contribution is -0.140. The van der Waals surface area contributed by atoms with Crippen LogP contribution in [0.3, 0.4) is 0 Å². The Morgan fingerprint density at radius 2 is 1.80 bits per heavy atom. The largest absolute Gasteiger partial charge is 0.419 e. The predicted octanol–water partition coefficient (Wildman–Crippen LogP) is 6.92. The molecule has 0 nitrogen and oxygen atoms in total. The van der Waals surface area contributed by atoms with E-state index in [2.05, 4.69) is 47.8 Å². The highest BCUT2D eigenvalue weighted by Gasteiger charge is 2.35. The fourth-order valence-electron chi connectivity index (χ4n) is 1.61. The molecule has 1 unspecified atom stereocenters. The molecule has 1 aromatic carbocycles. The minimum atomic E-state index is -4.70. The van der Waals surface area contributed by atoms with Gasteiger partial charge in [0.2, 0.25) is 0 Å². The number of halogens is 7. The maximum absolute atomic E-state index is 14.0.